The minimum atomic E-state index is -0.867. The Morgan fingerprint density at radius 1 is 1.06 bits per heavy atom. The monoisotopic (exact) mass is 483 g/mol. The van der Waals surface area contributed by atoms with E-state index in [0.29, 0.717) is 5.56 Å². The van der Waals surface area contributed by atoms with Crippen molar-refractivity contribution in [3.05, 3.63) is 88.7 Å². The molecule has 0 aliphatic rings. The molecule has 1 aromatic heterocycles. The third kappa shape index (κ3) is 6.01. The van der Waals surface area contributed by atoms with Crippen LogP contribution in [0, 0.1) is 24.5 Å². The van der Waals surface area contributed by atoms with Crippen LogP contribution >= 0.6 is 0 Å². The highest BCUT2D eigenvalue weighted by molar-refractivity contribution is 5.99. The van der Waals surface area contributed by atoms with Crippen LogP contribution < -0.4 is 4.74 Å². The summed E-state index contributed by atoms with van der Waals surface area (Å²) in [5, 5.41) is 10.2. The summed E-state index contributed by atoms with van der Waals surface area (Å²) in [6.45, 7) is 5.05. The molecule has 0 saturated carbocycles. The molecule has 0 saturated heterocycles. The molecule has 2 aromatic carbocycles. The quantitative estimate of drug-likeness (QED) is 0.326. The van der Waals surface area contributed by atoms with E-state index in [0.717, 1.165) is 17.7 Å². The Balaban J connectivity index is 1.80. The van der Waals surface area contributed by atoms with Crippen LogP contribution in [0.5, 0.6) is 11.5 Å². The summed E-state index contributed by atoms with van der Waals surface area (Å²) in [4.78, 5) is 29.4. The molecule has 1 N–H and O–H groups in total. The second-order valence-electron chi connectivity index (χ2n) is 8.43. The van der Waals surface area contributed by atoms with Crippen LogP contribution in [0.15, 0.2) is 54.7 Å². The highest BCUT2D eigenvalue weighted by atomic mass is 19.1. The Kier molecular flexibility index (Phi) is 8.17. The SMILES string of the molecule is COc1ccnc(C(=O)C[C@@H](C)C(=O)O[C@@H](C)[C@@H](c2ccc(C)cc2)c2ccc(F)cc2F)c1O. The van der Waals surface area contributed by atoms with Crippen LogP contribution in [-0.4, -0.2) is 35.1 Å². The van der Waals surface area contributed by atoms with Gasteiger partial charge in [0, 0.05) is 30.7 Å². The summed E-state index contributed by atoms with van der Waals surface area (Å²) in [6.07, 6.45) is 0.227. The Bertz CT molecular complexity index is 1210. The average Bonchev–Trinajstić information content (AvgIpc) is 2.81. The fraction of sp³-hybridized carbons (Fsp3) is 0.296. The van der Waals surface area contributed by atoms with Gasteiger partial charge in [-0.2, -0.15) is 0 Å². The van der Waals surface area contributed by atoms with Gasteiger partial charge < -0.3 is 14.6 Å². The highest BCUT2D eigenvalue weighted by Crippen LogP contribution is 2.33. The predicted molar refractivity (Wildman–Crippen MR) is 125 cm³/mol. The number of nitrogens with zero attached hydrogens (tertiary/aromatic N) is 1. The van der Waals surface area contributed by atoms with Crippen molar-refractivity contribution < 1.29 is 33.0 Å². The standard InChI is InChI=1S/C27H27F2NO5/c1-15-5-7-18(8-6-15)24(20-10-9-19(28)14-21(20)29)17(3)35-27(33)16(2)13-22(31)25-26(32)23(34-4)11-12-30-25/h5-12,14,16-17,24,32H,13H2,1-4H3/t16-,17+,24+/m1/s1. The third-order valence-corrected chi connectivity index (χ3v) is 5.77. The Morgan fingerprint density at radius 2 is 1.74 bits per heavy atom. The number of esters is 1. The number of aromatic nitrogens is 1. The van der Waals surface area contributed by atoms with E-state index in [1.807, 2.05) is 19.1 Å². The van der Waals surface area contributed by atoms with Crippen molar-refractivity contribution in [2.45, 2.75) is 39.2 Å². The van der Waals surface area contributed by atoms with Crippen molar-refractivity contribution in [3.8, 4) is 11.5 Å². The average molecular weight is 484 g/mol. The van der Waals surface area contributed by atoms with E-state index >= 15 is 0 Å². The Hall–Kier alpha value is -3.81. The van der Waals surface area contributed by atoms with E-state index in [2.05, 4.69) is 4.98 Å². The first-order valence-corrected chi connectivity index (χ1v) is 11.1. The molecule has 3 atom stereocenters. The number of Topliss-reactive ketones (excluding diaryl/α,β-unsaturated/α-hetero) is 1. The summed E-state index contributed by atoms with van der Waals surface area (Å²) in [7, 11) is 1.35. The molecule has 0 radical (unpaired) electrons. The maximum absolute atomic E-state index is 14.7. The number of ether oxygens (including phenoxy) is 2. The molecule has 3 aromatic rings. The van der Waals surface area contributed by atoms with Gasteiger partial charge in [-0.1, -0.05) is 42.8 Å². The number of benzene rings is 2. The van der Waals surface area contributed by atoms with E-state index in [-0.39, 0.29) is 23.4 Å². The number of hydrogen-bond donors (Lipinski definition) is 1. The maximum atomic E-state index is 14.7. The van der Waals surface area contributed by atoms with Crippen LogP contribution in [0.2, 0.25) is 0 Å². The van der Waals surface area contributed by atoms with Gasteiger partial charge in [0.25, 0.3) is 0 Å². The number of hydrogen-bond acceptors (Lipinski definition) is 6. The number of carbonyl (C=O) groups is 2. The van der Waals surface area contributed by atoms with Crippen molar-refractivity contribution in [2.75, 3.05) is 7.11 Å². The largest absolute Gasteiger partial charge is 0.503 e. The van der Waals surface area contributed by atoms with Gasteiger partial charge in [-0.3, -0.25) is 9.59 Å². The lowest BCUT2D eigenvalue weighted by Gasteiger charge is -2.26. The molecule has 0 amide bonds. The minimum absolute atomic E-state index is 0.0921. The number of halogens is 2. The summed E-state index contributed by atoms with van der Waals surface area (Å²) in [5.41, 5.74) is 1.67. The minimum Gasteiger partial charge on any atom is -0.503 e. The summed E-state index contributed by atoms with van der Waals surface area (Å²) >= 11 is 0. The van der Waals surface area contributed by atoms with E-state index in [1.165, 1.54) is 32.4 Å². The van der Waals surface area contributed by atoms with E-state index in [1.54, 1.807) is 19.1 Å². The van der Waals surface area contributed by atoms with Crippen molar-refractivity contribution in [2.24, 2.45) is 5.92 Å². The Labute approximate surface area is 202 Å². The van der Waals surface area contributed by atoms with Crippen LogP contribution in [0.3, 0.4) is 0 Å². The van der Waals surface area contributed by atoms with Gasteiger partial charge in [0.05, 0.1) is 13.0 Å². The predicted octanol–water partition coefficient (Wildman–Crippen LogP) is 5.36. The summed E-state index contributed by atoms with van der Waals surface area (Å²) < 4.78 is 38.9. The first-order chi connectivity index (χ1) is 16.6. The third-order valence-electron chi connectivity index (χ3n) is 5.77. The van der Waals surface area contributed by atoms with Crippen molar-refractivity contribution in [1.29, 1.82) is 0 Å². The molecule has 0 aliphatic carbocycles. The molecule has 0 spiro atoms. The number of pyridine rings is 1. The first-order valence-electron chi connectivity index (χ1n) is 11.1. The molecule has 1 heterocycles. The Morgan fingerprint density at radius 3 is 2.37 bits per heavy atom. The number of aryl methyl sites for hydroxylation is 1. The van der Waals surface area contributed by atoms with Crippen LogP contribution in [0.1, 0.15) is 53.4 Å². The summed E-state index contributed by atoms with van der Waals surface area (Å²) in [6, 6.07) is 12.0. The second-order valence-corrected chi connectivity index (χ2v) is 8.43. The zero-order valence-corrected chi connectivity index (χ0v) is 19.9. The number of aromatic hydroxyl groups is 1. The molecule has 184 valence electrons. The lowest BCUT2D eigenvalue weighted by Crippen LogP contribution is -2.28. The number of ketones is 1. The van der Waals surface area contributed by atoms with Gasteiger partial charge >= 0.3 is 5.97 Å². The molecule has 0 unspecified atom stereocenters. The molecule has 0 bridgehead atoms. The van der Waals surface area contributed by atoms with E-state index < -0.39 is 47.1 Å². The summed E-state index contributed by atoms with van der Waals surface area (Å²) in [5.74, 6) is -4.57. The smallest absolute Gasteiger partial charge is 0.309 e. The van der Waals surface area contributed by atoms with Gasteiger partial charge in [0.1, 0.15) is 17.7 Å². The van der Waals surface area contributed by atoms with Crippen molar-refractivity contribution >= 4 is 11.8 Å². The topological polar surface area (TPSA) is 85.7 Å². The molecule has 3 rings (SSSR count). The molecule has 8 heteroatoms. The van der Waals surface area contributed by atoms with Gasteiger partial charge in [0.15, 0.2) is 23.0 Å². The van der Waals surface area contributed by atoms with Crippen molar-refractivity contribution in [3.63, 3.8) is 0 Å². The zero-order chi connectivity index (χ0) is 25.7. The number of rotatable bonds is 9. The van der Waals surface area contributed by atoms with E-state index in [9.17, 15) is 23.5 Å². The lowest BCUT2D eigenvalue weighted by molar-refractivity contribution is -0.153. The van der Waals surface area contributed by atoms with E-state index in [4.69, 9.17) is 9.47 Å². The van der Waals surface area contributed by atoms with Gasteiger partial charge in [-0.05, 0) is 31.0 Å². The van der Waals surface area contributed by atoms with Gasteiger partial charge in [-0.15, -0.1) is 0 Å². The lowest BCUT2D eigenvalue weighted by atomic mass is 9.86. The molecule has 35 heavy (non-hydrogen) atoms. The van der Waals surface area contributed by atoms with Gasteiger partial charge in [-0.25, -0.2) is 13.8 Å². The number of methoxy groups -OCH3 is 1. The van der Waals surface area contributed by atoms with Crippen LogP contribution in [0.4, 0.5) is 8.78 Å². The van der Waals surface area contributed by atoms with Crippen LogP contribution in [0.25, 0.3) is 0 Å². The highest BCUT2D eigenvalue weighted by Gasteiger charge is 2.30. The molecule has 0 fully saturated rings. The molecule has 6 nitrogen and oxygen atoms in total. The zero-order valence-electron chi connectivity index (χ0n) is 19.9. The maximum Gasteiger partial charge on any atom is 0.309 e. The van der Waals surface area contributed by atoms with Crippen LogP contribution in [-0.2, 0) is 9.53 Å². The fourth-order valence-electron chi connectivity index (χ4n) is 3.86. The fourth-order valence-corrected chi connectivity index (χ4v) is 3.86. The second kappa shape index (κ2) is 11.1. The van der Waals surface area contributed by atoms with Gasteiger partial charge in [0.2, 0.25) is 0 Å². The van der Waals surface area contributed by atoms with Crippen molar-refractivity contribution in [1.82, 2.24) is 4.98 Å². The molecular weight excluding hydrogens is 456 g/mol. The number of carbonyl (C=O) groups excluding carboxylic acids is 2. The first kappa shape index (κ1) is 25.8. The molecular formula is C27H27F2NO5. The molecule has 0 aliphatic heterocycles. The normalized spacial score (nSPS) is 13.5.